The van der Waals surface area contributed by atoms with Gasteiger partial charge < -0.3 is 15.8 Å². The molecule has 0 atom stereocenters. The summed E-state index contributed by atoms with van der Waals surface area (Å²) in [6.07, 6.45) is 0. The van der Waals surface area contributed by atoms with Crippen molar-refractivity contribution in [3.8, 4) is 5.75 Å². The fourth-order valence-corrected chi connectivity index (χ4v) is 2.05. The molecule has 4 N–H and O–H groups in total. The molecule has 0 aliphatic heterocycles. The summed E-state index contributed by atoms with van der Waals surface area (Å²) >= 11 is 6.06. The van der Waals surface area contributed by atoms with Gasteiger partial charge in [-0.15, -0.1) is 0 Å². The van der Waals surface area contributed by atoms with Crippen LogP contribution in [0.4, 0.5) is 5.69 Å². The molecule has 124 valence electrons. The van der Waals surface area contributed by atoms with Gasteiger partial charge in [-0.1, -0.05) is 32.4 Å². The van der Waals surface area contributed by atoms with Crippen molar-refractivity contribution in [2.75, 3.05) is 12.4 Å². The number of guanidine groups is 1. The summed E-state index contributed by atoms with van der Waals surface area (Å²) in [5.41, 5.74) is 6.49. The van der Waals surface area contributed by atoms with Gasteiger partial charge in [0.05, 0.1) is 12.1 Å². The number of anilines is 1. The predicted octanol–water partition coefficient (Wildman–Crippen LogP) is 2.69. The lowest BCUT2D eigenvalue weighted by Gasteiger charge is -2.11. The molecule has 0 aliphatic carbocycles. The lowest BCUT2D eigenvalue weighted by atomic mass is 9.96. The molecule has 0 saturated carbocycles. The Labute approximate surface area is 140 Å². The van der Waals surface area contributed by atoms with Gasteiger partial charge in [-0.05, 0) is 18.2 Å². The average molecular weight is 337 g/mol. The molecule has 0 unspecified atom stereocenters. The first-order valence-corrected chi connectivity index (χ1v) is 7.49. The molecule has 7 nitrogen and oxygen atoms in total. The van der Waals surface area contributed by atoms with E-state index in [0.29, 0.717) is 23.1 Å². The summed E-state index contributed by atoms with van der Waals surface area (Å²) in [6.45, 7) is 6.46. The highest BCUT2D eigenvalue weighted by atomic mass is 35.5. The summed E-state index contributed by atoms with van der Waals surface area (Å²) in [5.74, 6) is 2.27. The Bertz CT molecular complexity index is 704. The third kappa shape index (κ3) is 4.59. The Kier molecular flexibility index (Phi) is 5.10. The number of rotatable bonds is 4. The number of aromatic nitrogens is 3. The van der Waals surface area contributed by atoms with Gasteiger partial charge in [0.15, 0.2) is 11.8 Å². The molecule has 23 heavy (non-hydrogen) atoms. The Morgan fingerprint density at radius 2 is 2.17 bits per heavy atom. The number of nitrogens with zero attached hydrogens (tertiary/aromatic N) is 3. The van der Waals surface area contributed by atoms with E-state index in [9.17, 15) is 0 Å². The van der Waals surface area contributed by atoms with Gasteiger partial charge in [0, 0.05) is 11.1 Å². The minimum Gasteiger partial charge on any atom is -0.495 e. The SMILES string of the molecule is COc1ccc(NC(N)=NCc2nc(C(C)(C)C)n[nH]2)cc1Cl. The molecule has 0 aliphatic rings. The maximum absolute atomic E-state index is 6.06. The van der Waals surface area contributed by atoms with Crippen molar-refractivity contribution in [2.45, 2.75) is 32.7 Å². The van der Waals surface area contributed by atoms with E-state index in [1.165, 1.54) is 0 Å². The molecule has 0 bridgehead atoms. The largest absolute Gasteiger partial charge is 0.495 e. The topological polar surface area (TPSA) is 101 Å². The lowest BCUT2D eigenvalue weighted by molar-refractivity contribution is 0.415. The fourth-order valence-electron chi connectivity index (χ4n) is 1.79. The van der Waals surface area contributed by atoms with Crippen molar-refractivity contribution in [2.24, 2.45) is 10.7 Å². The Morgan fingerprint density at radius 3 is 2.74 bits per heavy atom. The number of benzene rings is 1. The molecule has 0 spiro atoms. The van der Waals surface area contributed by atoms with Gasteiger partial charge in [-0.25, -0.2) is 9.98 Å². The van der Waals surface area contributed by atoms with Crippen molar-refractivity contribution < 1.29 is 4.74 Å². The molecule has 2 aromatic rings. The van der Waals surface area contributed by atoms with E-state index in [1.54, 1.807) is 25.3 Å². The average Bonchev–Trinajstić information content (AvgIpc) is 2.94. The van der Waals surface area contributed by atoms with Crippen LogP contribution in [0.15, 0.2) is 23.2 Å². The number of nitrogens with two attached hydrogens (primary N) is 1. The van der Waals surface area contributed by atoms with E-state index in [4.69, 9.17) is 22.1 Å². The van der Waals surface area contributed by atoms with Gasteiger partial charge >= 0.3 is 0 Å². The Balaban J connectivity index is 2.00. The quantitative estimate of drug-likeness (QED) is 0.588. The molecule has 1 aromatic carbocycles. The van der Waals surface area contributed by atoms with Crippen LogP contribution in [-0.4, -0.2) is 28.3 Å². The summed E-state index contributed by atoms with van der Waals surface area (Å²) in [4.78, 5) is 8.64. The number of hydrogen-bond donors (Lipinski definition) is 3. The van der Waals surface area contributed by atoms with Crippen molar-refractivity contribution in [3.63, 3.8) is 0 Å². The van der Waals surface area contributed by atoms with Gasteiger partial charge in [-0.2, -0.15) is 5.10 Å². The number of nitrogens with one attached hydrogen (secondary N) is 2. The van der Waals surface area contributed by atoms with Crippen LogP contribution in [0.3, 0.4) is 0 Å². The Morgan fingerprint density at radius 1 is 1.43 bits per heavy atom. The highest BCUT2D eigenvalue weighted by Crippen LogP contribution is 2.27. The minimum absolute atomic E-state index is 0.109. The summed E-state index contributed by atoms with van der Waals surface area (Å²) in [5, 5.41) is 10.5. The molecule has 0 fully saturated rings. The van der Waals surface area contributed by atoms with E-state index in [0.717, 1.165) is 11.5 Å². The smallest absolute Gasteiger partial charge is 0.193 e. The molecular weight excluding hydrogens is 316 g/mol. The monoisotopic (exact) mass is 336 g/mol. The molecule has 8 heteroatoms. The maximum Gasteiger partial charge on any atom is 0.193 e. The minimum atomic E-state index is -0.109. The second-order valence-corrected chi connectivity index (χ2v) is 6.44. The third-order valence-corrected chi connectivity index (χ3v) is 3.32. The van der Waals surface area contributed by atoms with E-state index in [-0.39, 0.29) is 11.4 Å². The summed E-state index contributed by atoms with van der Waals surface area (Å²) in [7, 11) is 1.56. The molecule has 1 heterocycles. The highest BCUT2D eigenvalue weighted by Gasteiger charge is 2.19. The molecule has 2 rings (SSSR count). The predicted molar refractivity (Wildman–Crippen MR) is 92.0 cm³/mol. The number of aliphatic imine (C=N–C) groups is 1. The maximum atomic E-state index is 6.06. The molecule has 0 saturated heterocycles. The number of ether oxygens (including phenoxy) is 1. The van der Waals surface area contributed by atoms with Crippen molar-refractivity contribution in [3.05, 3.63) is 34.9 Å². The second kappa shape index (κ2) is 6.87. The molecule has 0 amide bonds. The number of aromatic amines is 1. The first-order valence-electron chi connectivity index (χ1n) is 7.12. The van der Waals surface area contributed by atoms with E-state index in [2.05, 4.69) is 25.5 Å². The third-order valence-electron chi connectivity index (χ3n) is 3.03. The van der Waals surface area contributed by atoms with Gasteiger partial charge in [0.1, 0.15) is 18.1 Å². The summed E-state index contributed by atoms with van der Waals surface area (Å²) < 4.78 is 5.10. The summed E-state index contributed by atoms with van der Waals surface area (Å²) in [6, 6.07) is 5.28. The van der Waals surface area contributed by atoms with Crippen LogP contribution in [-0.2, 0) is 12.0 Å². The number of hydrogen-bond acceptors (Lipinski definition) is 4. The lowest BCUT2D eigenvalue weighted by Crippen LogP contribution is -2.22. The van der Waals surface area contributed by atoms with Crippen LogP contribution in [0, 0.1) is 0 Å². The first kappa shape index (κ1) is 17.1. The zero-order valence-electron chi connectivity index (χ0n) is 13.6. The van der Waals surface area contributed by atoms with E-state index >= 15 is 0 Å². The zero-order valence-corrected chi connectivity index (χ0v) is 14.4. The fraction of sp³-hybridized carbons (Fsp3) is 0.400. The molecular formula is C15H21ClN6O. The van der Waals surface area contributed by atoms with Gasteiger partial charge in [-0.3, -0.25) is 5.10 Å². The standard InChI is InChI=1S/C15H21ClN6O/c1-15(2,3)13-20-12(21-22-13)8-18-14(17)19-9-5-6-11(23-4)10(16)7-9/h5-7H,8H2,1-4H3,(H3,17,18,19)(H,20,21,22). The van der Waals surface area contributed by atoms with Crippen molar-refractivity contribution in [1.82, 2.24) is 15.2 Å². The normalized spacial score (nSPS) is 12.3. The van der Waals surface area contributed by atoms with Crippen molar-refractivity contribution >= 4 is 23.2 Å². The van der Waals surface area contributed by atoms with Crippen LogP contribution in [0.25, 0.3) is 0 Å². The van der Waals surface area contributed by atoms with Crippen LogP contribution >= 0.6 is 11.6 Å². The number of methoxy groups -OCH3 is 1. The highest BCUT2D eigenvalue weighted by molar-refractivity contribution is 6.32. The van der Waals surface area contributed by atoms with Crippen molar-refractivity contribution in [1.29, 1.82) is 0 Å². The van der Waals surface area contributed by atoms with Crippen LogP contribution in [0.2, 0.25) is 5.02 Å². The van der Waals surface area contributed by atoms with Crippen LogP contribution in [0.5, 0.6) is 5.75 Å². The van der Waals surface area contributed by atoms with Gasteiger partial charge in [0.2, 0.25) is 0 Å². The zero-order chi connectivity index (χ0) is 17.0. The van der Waals surface area contributed by atoms with Crippen LogP contribution in [0.1, 0.15) is 32.4 Å². The number of H-pyrrole nitrogens is 1. The van der Waals surface area contributed by atoms with Crippen LogP contribution < -0.4 is 15.8 Å². The molecule has 0 radical (unpaired) electrons. The molecule has 1 aromatic heterocycles. The number of halogens is 1. The van der Waals surface area contributed by atoms with Gasteiger partial charge in [0.25, 0.3) is 0 Å². The first-order chi connectivity index (χ1) is 10.8. The second-order valence-electron chi connectivity index (χ2n) is 6.03. The van der Waals surface area contributed by atoms with E-state index < -0.39 is 0 Å². The van der Waals surface area contributed by atoms with E-state index in [1.807, 2.05) is 20.8 Å². The Hall–Kier alpha value is -2.28.